The van der Waals surface area contributed by atoms with Crippen LogP contribution in [-0.4, -0.2) is 70.0 Å². The van der Waals surface area contributed by atoms with Crippen LogP contribution in [0.25, 0.3) is 0 Å². The van der Waals surface area contributed by atoms with Gasteiger partial charge in [0, 0.05) is 12.8 Å². The van der Waals surface area contributed by atoms with E-state index in [0.717, 1.165) is 83.5 Å². The third-order valence-electron chi connectivity index (χ3n) is 13.6. The lowest BCUT2D eigenvalue weighted by atomic mass is 10.0. The molecule has 0 spiro atoms. The van der Waals surface area contributed by atoms with Gasteiger partial charge in [0.25, 0.3) is 7.82 Å². The Morgan fingerprint density at radius 1 is 0.410 bits per heavy atom. The first-order chi connectivity index (χ1) is 38.0. The molecular weight excluding hydrogens is 990 g/mol. The van der Waals surface area contributed by atoms with E-state index in [1.165, 1.54) is 154 Å². The van der Waals surface area contributed by atoms with Crippen LogP contribution in [0.3, 0.4) is 0 Å². The van der Waals surface area contributed by atoms with Crippen LogP contribution in [0.1, 0.15) is 271 Å². The molecule has 0 aliphatic heterocycles. The zero-order chi connectivity index (χ0) is 57.0. The standard InChI is InChI=1S/C68H120NO8P/c1-6-8-10-12-14-16-18-20-22-24-26-28-30-31-32-33-34-35-36-37-39-41-43-45-47-49-51-53-55-57-59-61-68(71)77-66(65-76-78(72,73)75-63-62-69(3,4)5)64-74-67(70)60-58-56-54-52-50-48-46-44-42-40-38-29-27-25-23-21-19-17-15-13-11-9-7-2/h8,10,14,16,19-22,25-28,31-32,34-35,66H,6-7,9,11-13,15,17-18,23-24,29-30,33,36-65H2,1-5H3/b10-8-,16-14-,21-19-,22-20-,27-25-,28-26-,32-31-,35-34-. The number of likely N-dealkylation sites (N-methyl/N-ethyl adjacent to an activating group) is 1. The smallest absolute Gasteiger partial charge is 0.306 e. The average Bonchev–Trinajstić information content (AvgIpc) is 3.40. The van der Waals surface area contributed by atoms with Crippen molar-refractivity contribution in [3.8, 4) is 0 Å². The quantitative estimate of drug-likeness (QED) is 0.0195. The number of ether oxygens (including phenoxy) is 2. The maximum Gasteiger partial charge on any atom is 0.306 e. The number of rotatable bonds is 58. The Kier molecular flexibility index (Phi) is 56.3. The lowest BCUT2D eigenvalue weighted by Crippen LogP contribution is -2.37. The van der Waals surface area contributed by atoms with Gasteiger partial charge in [0.05, 0.1) is 27.7 Å². The highest BCUT2D eigenvalue weighted by Gasteiger charge is 2.22. The number of nitrogens with zero attached hydrogens (tertiary/aromatic N) is 1. The zero-order valence-corrected chi connectivity index (χ0v) is 52.0. The molecule has 2 atom stereocenters. The van der Waals surface area contributed by atoms with E-state index in [0.29, 0.717) is 17.4 Å². The topological polar surface area (TPSA) is 111 Å². The summed E-state index contributed by atoms with van der Waals surface area (Å²) in [6, 6.07) is 0. The van der Waals surface area contributed by atoms with Crippen molar-refractivity contribution in [2.75, 3.05) is 47.5 Å². The molecule has 0 bridgehead atoms. The van der Waals surface area contributed by atoms with E-state index in [2.05, 4.69) is 111 Å². The van der Waals surface area contributed by atoms with E-state index < -0.39 is 26.5 Å². The molecule has 78 heavy (non-hydrogen) atoms. The molecule has 0 aromatic carbocycles. The van der Waals surface area contributed by atoms with Gasteiger partial charge in [-0.15, -0.1) is 0 Å². The number of hydrogen-bond donors (Lipinski definition) is 0. The van der Waals surface area contributed by atoms with Crippen molar-refractivity contribution in [2.45, 2.75) is 277 Å². The summed E-state index contributed by atoms with van der Waals surface area (Å²) >= 11 is 0. The first-order valence-electron chi connectivity index (χ1n) is 31.9. The minimum atomic E-state index is -4.64. The summed E-state index contributed by atoms with van der Waals surface area (Å²) in [6.07, 6.45) is 80.3. The lowest BCUT2D eigenvalue weighted by Gasteiger charge is -2.28. The summed E-state index contributed by atoms with van der Waals surface area (Å²) in [7, 11) is 1.16. The van der Waals surface area contributed by atoms with Crippen molar-refractivity contribution in [3.63, 3.8) is 0 Å². The summed E-state index contributed by atoms with van der Waals surface area (Å²) in [5.41, 5.74) is 0. The van der Waals surface area contributed by atoms with Gasteiger partial charge in [-0.05, 0) is 96.3 Å². The number of esters is 2. The maximum absolute atomic E-state index is 12.8. The molecule has 0 aromatic heterocycles. The number of phosphoric acid groups is 1. The van der Waals surface area contributed by atoms with E-state index in [1.54, 1.807) is 0 Å². The van der Waals surface area contributed by atoms with E-state index in [4.69, 9.17) is 18.5 Å². The minimum Gasteiger partial charge on any atom is -0.756 e. The Balaban J connectivity index is 4.12. The van der Waals surface area contributed by atoms with Gasteiger partial charge in [0.15, 0.2) is 6.10 Å². The summed E-state index contributed by atoms with van der Waals surface area (Å²) < 4.78 is 34.2. The van der Waals surface area contributed by atoms with Crippen LogP contribution in [0.15, 0.2) is 97.2 Å². The molecule has 0 aliphatic rings. The van der Waals surface area contributed by atoms with Crippen molar-refractivity contribution in [1.29, 1.82) is 0 Å². The summed E-state index contributed by atoms with van der Waals surface area (Å²) in [4.78, 5) is 38.0. The largest absolute Gasteiger partial charge is 0.756 e. The first-order valence-corrected chi connectivity index (χ1v) is 33.4. The molecule has 2 unspecified atom stereocenters. The molecule has 0 radical (unpaired) electrons. The monoisotopic (exact) mass is 1110 g/mol. The number of allylic oxidation sites excluding steroid dienone is 16. The normalized spacial score (nSPS) is 13.9. The van der Waals surface area contributed by atoms with Gasteiger partial charge in [-0.2, -0.15) is 0 Å². The molecule has 0 aromatic rings. The molecule has 0 heterocycles. The third kappa shape index (κ3) is 62.1. The van der Waals surface area contributed by atoms with E-state index in [1.807, 2.05) is 21.1 Å². The van der Waals surface area contributed by atoms with Crippen molar-refractivity contribution in [2.24, 2.45) is 0 Å². The Bertz CT molecular complexity index is 1640. The average molecular weight is 1110 g/mol. The number of carbonyl (C=O) groups excluding carboxylic acids is 2. The Morgan fingerprint density at radius 2 is 0.731 bits per heavy atom. The lowest BCUT2D eigenvalue weighted by molar-refractivity contribution is -0.870. The molecule has 450 valence electrons. The molecule has 9 nitrogen and oxygen atoms in total. The van der Waals surface area contributed by atoms with Crippen LogP contribution in [0, 0.1) is 0 Å². The highest BCUT2D eigenvalue weighted by atomic mass is 31.2. The highest BCUT2D eigenvalue weighted by Crippen LogP contribution is 2.38. The van der Waals surface area contributed by atoms with Crippen LogP contribution in [0.5, 0.6) is 0 Å². The second kappa shape index (κ2) is 58.6. The van der Waals surface area contributed by atoms with Gasteiger partial charge < -0.3 is 27.9 Å². The first kappa shape index (κ1) is 74.9. The highest BCUT2D eigenvalue weighted by molar-refractivity contribution is 7.45. The van der Waals surface area contributed by atoms with Crippen molar-refractivity contribution in [3.05, 3.63) is 97.2 Å². The molecule has 0 amide bonds. The fourth-order valence-electron chi connectivity index (χ4n) is 8.69. The predicted molar refractivity (Wildman–Crippen MR) is 332 cm³/mol. The van der Waals surface area contributed by atoms with Gasteiger partial charge >= 0.3 is 11.9 Å². The van der Waals surface area contributed by atoms with Crippen LogP contribution in [0.4, 0.5) is 0 Å². The Labute approximate surface area is 481 Å². The minimum absolute atomic E-state index is 0.0349. The molecule has 0 fully saturated rings. The van der Waals surface area contributed by atoms with Crippen molar-refractivity contribution in [1.82, 2.24) is 0 Å². The second-order valence-corrected chi connectivity index (χ2v) is 23.8. The van der Waals surface area contributed by atoms with Gasteiger partial charge in [0.1, 0.15) is 19.8 Å². The van der Waals surface area contributed by atoms with Crippen LogP contribution in [-0.2, 0) is 32.7 Å². The van der Waals surface area contributed by atoms with E-state index in [9.17, 15) is 19.0 Å². The van der Waals surface area contributed by atoms with Crippen LogP contribution < -0.4 is 4.89 Å². The van der Waals surface area contributed by atoms with Gasteiger partial charge in [-0.3, -0.25) is 14.2 Å². The summed E-state index contributed by atoms with van der Waals surface area (Å²) in [6.45, 7) is 4.13. The summed E-state index contributed by atoms with van der Waals surface area (Å²) in [5.74, 6) is -0.835. The molecule has 0 N–H and O–H groups in total. The predicted octanol–water partition coefficient (Wildman–Crippen LogP) is 19.7. The second-order valence-electron chi connectivity index (χ2n) is 22.4. The van der Waals surface area contributed by atoms with Crippen molar-refractivity contribution < 1.29 is 42.1 Å². The fraction of sp³-hybridized carbons (Fsp3) is 0.735. The third-order valence-corrected chi connectivity index (χ3v) is 14.6. The molecule has 0 saturated carbocycles. The number of quaternary nitrogens is 1. The molecule has 0 saturated heterocycles. The van der Waals surface area contributed by atoms with Gasteiger partial charge in [-0.1, -0.05) is 259 Å². The number of carbonyl (C=O) groups is 2. The van der Waals surface area contributed by atoms with Gasteiger partial charge in [0.2, 0.25) is 0 Å². The number of unbranched alkanes of at least 4 members (excludes halogenated alkanes) is 28. The maximum atomic E-state index is 12.8. The Hall–Kier alpha value is -3.07. The molecular formula is C68H120NO8P. The van der Waals surface area contributed by atoms with Gasteiger partial charge in [-0.25, -0.2) is 0 Å². The van der Waals surface area contributed by atoms with Crippen molar-refractivity contribution >= 4 is 19.8 Å². The molecule has 10 heteroatoms. The molecule has 0 rings (SSSR count). The van der Waals surface area contributed by atoms with E-state index >= 15 is 0 Å². The number of hydrogen-bond acceptors (Lipinski definition) is 8. The summed E-state index contributed by atoms with van der Waals surface area (Å²) in [5, 5.41) is 0. The zero-order valence-electron chi connectivity index (χ0n) is 51.1. The Morgan fingerprint density at radius 3 is 1.09 bits per heavy atom. The fourth-order valence-corrected chi connectivity index (χ4v) is 9.42. The van der Waals surface area contributed by atoms with E-state index in [-0.39, 0.29) is 32.0 Å². The van der Waals surface area contributed by atoms with Crippen LogP contribution >= 0.6 is 7.82 Å². The van der Waals surface area contributed by atoms with Crippen LogP contribution in [0.2, 0.25) is 0 Å². The number of phosphoric ester groups is 1. The molecule has 0 aliphatic carbocycles. The SMILES string of the molecule is CC/C=C\C/C=C\C/C=C\C/C=C\C/C=C\C/C=C\CCCCCCCCCCCCCCC(=O)OC(COC(=O)CCCCCCCCCCCCC/C=C\C/C=C\CCCCCCC)COP(=O)([O-])OCC[N+](C)(C)C.